The van der Waals surface area contributed by atoms with Crippen LogP contribution in [0.5, 0.6) is 0 Å². The second-order valence-electron chi connectivity index (χ2n) is 10.2. The van der Waals surface area contributed by atoms with Crippen molar-refractivity contribution >= 4 is 35.4 Å². The number of carbonyl (C=O) groups excluding carboxylic acids is 4. The van der Waals surface area contributed by atoms with Crippen molar-refractivity contribution in [2.45, 2.75) is 51.7 Å². The van der Waals surface area contributed by atoms with Crippen molar-refractivity contribution in [1.82, 2.24) is 20.1 Å². The highest BCUT2D eigenvalue weighted by molar-refractivity contribution is 6.10. The van der Waals surface area contributed by atoms with Gasteiger partial charge in [-0.3, -0.25) is 14.5 Å². The quantitative estimate of drug-likeness (QED) is 0.626. The molecule has 34 heavy (non-hydrogen) atoms. The third-order valence-corrected chi connectivity index (χ3v) is 6.31. The Kier molecular flexibility index (Phi) is 6.13. The SMILES string of the molecule is CC(C)(C)OC(=O)N1CCN(c2ccc(NC(=O)CN3C(=O)NC(C)(C4CC4)C3=O)nc2)CC1. The monoisotopic (exact) mass is 472 g/mol. The van der Waals surface area contributed by atoms with Crippen molar-refractivity contribution in [2.75, 3.05) is 42.9 Å². The first-order chi connectivity index (χ1) is 16.0. The molecule has 0 aromatic carbocycles. The van der Waals surface area contributed by atoms with Crippen LogP contribution in [0.15, 0.2) is 18.3 Å². The zero-order valence-electron chi connectivity index (χ0n) is 20.1. The van der Waals surface area contributed by atoms with Gasteiger partial charge in [-0.05, 0) is 58.6 Å². The van der Waals surface area contributed by atoms with E-state index in [-0.39, 0.29) is 24.5 Å². The molecule has 4 rings (SSSR count). The number of nitrogens with one attached hydrogen (secondary N) is 2. The predicted octanol–water partition coefficient (Wildman–Crippen LogP) is 1.80. The summed E-state index contributed by atoms with van der Waals surface area (Å²) in [6.07, 6.45) is 3.13. The van der Waals surface area contributed by atoms with Crippen LogP contribution in [-0.4, -0.2) is 82.6 Å². The zero-order chi connectivity index (χ0) is 24.7. The van der Waals surface area contributed by atoms with Crippen LogP contribution in [0.2, 0.25) is 0 Å². The first-order valence-corrected chi connectivity index (χ1v) is 11.6. The molecule has 0 radical (unpaired) electrons. The maximum Gasteiger partial charge on any atom is 0.410 e. The number of pyridine rings is 1. The van der Waals surface area contributed by atoms with Crippen molar-refractivity contribution in [1.29, 1.82) is 0 Å². The summed E-state index contributed by atoms with van der Waals surface area (Å²) in [5.74, 6) is -0.380. The first kappa shape index (κ1) is 23.8. The van der Waals surface area contributed by atoms with Crippen molar-refractivity contribution in [3.8, 4) is 0 Å². The lowest BCUT2D eigenvalue weighted by Crippen LogP contribution is -2.50. The molecule has 0 spiro atoms. The number of ether oxygens (including phenoxy) is 1. The van der Waals surface area contributed by atoms with Gasteiger partial charge in [0.05, 0.1) is 11.9 Å². The van der Waals surface area contributed by atoms with Crippen molar-refractivity contribution in [3.05, 3.63) is 18.3 Å². The van der Waals surface area contributed by atoms with Crippen molar-refractivity contribution in [3.63, 3.8) is 0 Å². The third kappa shape index (κ3) is 5.07. The van der Waals surface area contributed by atoms with E-state index in [1.165, 1.54) is 0 Å². The standard InChI is InChI=1S/C23H32N6O5/c1-22(2,3)34-21(33)28-11-9-27(10-12-28)16-7-8-17(24-13-16)25-18(30)14-29-19(31)23(4,15-5-6-15)26-20(29)32/h7-8,13,15H,5-6,9-12,14H2,1-4H3,(H,26,32)(H,24,25,30). The summed E-state index contributed by atoms with van der Waals surface area (Å²) >= 11 is 0. The van der Waals surface area contributed by atoms with Crippen LogP contribution >= 0.6 is 0 Å². The lowest BCUT2D eigenvalue weighted by atomic mass is 9.96. The number of piperazine rings is 1. The largest absolute Gasteiger partial charge is 0.444 e. The van der Waals surface area contributed by atoms with Crippen LogP contribution in [0.4, 0.5) is 21.1 Å². The number of carbonyl (C=O) groups is 4. The minimum atomic E-state index is -0.912. The van der Waals surface area contributed by atoms with Gasteiger partial charge in [-0.25, -0.2) is 14.6 Å². The summed E-state index contributed by atoms with van der Waals surface area (Å²) in [4.78, 5) is 58.6. The van der Waals surface area contributed by atoms with Gasteiger partial charge in [-0.1, -0.05) is 0 Å². The van der Waals surface area contributed by atoms with E-state index in [4.69, 9.17) is 4.74 Å². The summed E-state index contributed by atoms with van der Waals surface area (Å²) < 4.78 is 5.42. The fraction of sp³-hybridized carbons (Fsp3) is 0.609. The number of nitrogens with zero attached hydrogens (tertiary/aromatic N) is 4. The van der Waals surface area contributed by atoms with E-state index < -0.39 is 23.1 Å². The van der Waals surface area contributed by atoms with Crippen molar-refractivity contribution < 1.29 is 23.9 Å². The Bertz CT molecular complexity index is 979. The smallest absolute Gasteiger partial charge is 0.410 e. The summed E-state index contributed by atoms with van der Waals surface area (Å²) in [6, 6.07) is 2.97. The van der Waals surface area contributed by atoms with Crippen LogP contribution in [0.25, 0.3) is 0 Å². The average Bonchev–Trinajstić information content (AvgIpc) is 3.59. The molecule has 1 aromatic heterocycles. The van der Waals surface area contributed by atoms with Crippen LogP contribution in [-0.2, 0) is 14.3 Å². The second kappa shape index (κ2) is 8.77. The van der Waals surface area contributed by atoms with Gasteiger partial charge in [0.2, 0.25) is 5.91 Å². The molecule has 1 aromatic rings. The molecule has 2 saturated heterocycles. The van der Waals surface area contributed by atoms with Gasteiger partial charge in [0.15, 0.2) is 0 Å². The Morgan fingerprint density at radius 1 is 1.18 bits per heavy atom. The van der Waals surface area contributed by atoms with E-state index in [9.17, 15) is 19.2 Å². The predicted molar refractivity (Wildman–Crippen MR) is 124 cm³/mol. The van der Waals surface area contributed by atoms with Crippen LogP contribution in [0.3, 0.4) is 0 Å². The Balaban J connectivity index is 1.27. The molecule has 2 aliphatic heterocycles. The molecule has 3 fully saturated rings. The number of hydrogen-bond donors (Lipinski definition) is 2. The summed E-state index contributed by atoms with van der Waals surface area (Å²) in [5, 5.41) is 5.37. The lowest BCUT2D eigenvalue weighted by Gasteiger charge is -2.36. The molecule has 184 valence electrons. The van der Waals surface area contributed by atoms with Gasteiger partial charge in [0, 0.05) is 26.2 Å². The fourth-order valence-electron chi connectivity index (χ4n) is 4.24. The Hall–Kier alpha value is -3.37. The Morgan fingerprint density at radius 2 is 1.85 bits per heavy atom. The minimum absolute atomic E-state index is 0.136. The highest BCUT2D eigenvalue weighted by Gasteiger charge is 2.56. The Labute approximate surface area is 198 Å². The van der Waals surface area contributed by atoms with Gasteiger partial charge in [0.25, 0.3) is 5.91 Å². The zero-order valence-corrected chi connectivity index (χ0v) is 20.1. The van der Waals surface area contributed by atoms with Gasteiger partial charge in [-0.15, -0.1) is 0 Å². The maximum atomic E-state index is 12.7. The molecular formula is C23H32N6O5. The van der Waals surface area contributed by atoms with E-state index in [0.29, 0.717) is 32.0 Å². The first-order valence-electron chi connectivity index (χ1n) is 11.6. The average molecular weight is 473 g/mol. The van der Waals surface area contributed by atoms with E-state index in [1.54, 1.807) is 24.1 Å². The third-order valence-electron chi connectivity index (χ3n) is 6.31. The molecule has 1 atom stereocenters. The fourth-order valence-corrected chi connectivity index (χ4v) is 4.24. The molecule has 11 heteroatoms. The number of hydrogen-bond acceptors (Lipinski definition) is 7. The molecule has 0 bridgehead atoms. The molecule has 11 nitrogen and oxygen atoms in total. The highest BCUT2D eigenvalue weighted by atomic mass is 16.6. The van der Waals surface area contributed by atoms with Crippen molar-refractivity contribution in [2.24, 2.45) is 5.92 Å². The molecule has 3 heterocycles. The minimum Gasteiger partial charge on any atom is -0.444 e. The molecule has 5 amide bonds. The summed E-state index contributed by atoms with van der Waals surface area (Å²) in [7, 11) is 0. The number of amides is 5. The maximum absolute atomic E-state index is 12.7. The molecule has 1 saturated carbocycles. The van der Waals surface area contributed by atoms with Gasteiger partial charge < -0.3 is 25.2 Å². The van der Waals surface area contributed by atoms with Gasteiger partial charge in [-0.2, -0.15) is 0 Å². The highest BCUT2D eigenvalue weighted by Crippen LogP contribution is 2.42. The Morgan fingerprint density at radius 3 is 2.41 bits per heavy atom. The number of rotatable bonds is 5. The topological polar surface area (TPSA) is 124 Å². The van der Waals surface area contributed by atoms with E-state index in [0.717, 1.165) is 23.4 Å². The van der Waals surface area contributed by atoms with Gasteiger partial charge in [0.1, 0.15) is 23.5 Å². The molecule has 1 aliphatic carbocycles. The van der Waals surface area contributed by atoms with Crippen LogP contribution in [0, 0.1) is 5.92 Å². The number of aromatic nitrogens is 1. The van der Waals surface area contributed by atoms with Crippen LogP contribution in [0.1, 0.15) is 40.5 Å². The molecule has 1 unspecified atom stereocenters. The lowest BCUT2D eigenvalue weighted by molar-refractivity contribution is -0.134. The summed E-state index contributed by atoms with van der Waals surface area (Å²) in [6.45, 7) is 9.25. The molecule has 3 aliphatic rings. The molecular weight excluding hydrogens is 440 g/mol. The van der Waals surface area contributed by atoms with E-state index >= 15 is 0 Å². The van der Waals surface area contributed by atoms with E-state index in [1.807, 2.05) is 26.8 Å². The van der Waals surface area contributed by atoms with E-state index in [2.05, 4.69) is 20.5 Å². The normalized spacial score (nSPS) is 23.1. The second-order valence-corrected chi connectivity index (χ2v) is 10.2. The molecule has 2 N–H and O–H groups in total. The number of urea groups is 1. The summed E-state index contributed by atoms with van der Waals surface area (Å²) in [5.41, 5.74) is -0.567. The number of imide groups is 1. The number of anilines is 2. The van der Waals surface area contributed by atoms with Crippen LogP contribution < -0.4 is 15.5 Å². The van der Waals surface area contributed by atoms with Gasteiger partial charge >= 0.3 is 12.1 Å².